The second kappa shape index (κ2) is 9.84. The van der Waals surface area contributed by atoms with Gasteiger partial charge in [-0.05, 0) is 17.0 Å². The van der Waals surface area contributed by atoms with Crippen molar-refractivity contribution in [3.63, 3.8) is 0 Å². The van der Waals surface area contributed by atoms with Crippen molar-refractivity contribution in [1.29, 1.82) is 0 Å². The molecule has 162 valence electrons. The number of methoxy groups -OCH3 is 1. The van der Waals surface area contributed by atoms with Crippen LogP contribution in [0.25, 0.3) is 10.8 Å². The first kappa shape index (κ1) is 21.2. The number of likely N-dealkylation sites (tertiary alicyclic amines) is 1. The third-order valence-corrected chi connectivity index (χ3v) is 6.04. The highest BCUT2D eigenvalue weighted by molar-refractivity contribution is 7.13. The van der Waals surface area contributed by atoms with Gasteiger partial charge < -0.3 is 19.0 Å². The molecule has 1 saturated heterocycles. The summed E-state index contributed by atoms with van der Waals surface area (Å²) in [5, 5.41) is 10.1. The fourth-order valence-corrected chi connectivity index (χ4v) is 4.25. The molecule has 0 unspecified atom stereocenters. The Hall–Kier alpha value is -3.04. The fourth-order valence-electron chi connectivity index (χ4n) is 3.60. The molecule has 0 N–H and O–H groups in total. The van der Waals surface area contributed by atoms with E-state index in [1.807, 2.05) is 47.8 Å². The Morgan fingerprint density at radius 2 is 2.10 bits per heavy atom. The number of thiophene rings is 1. The monoisotopic (exact) mass is 440 g/mol. The van der Waals surface area contributed by atoms with Crippen LogP contribution < -0.4 is 0 Å². The van der Waals surface area contributed by atoms with E-state index in [0.717, 1.165) is 10.4 Å². The van der Waals surface area contributed by atoms with Crippen LogP contribution in [-0.2, 0) is 27.4 Å². The van der Waals surface area contributed by atoms with Crippen LogP contribution >= 0.6 is 11.3 Å². The summed E-state index contributed by atoms with van der Waals surface area (Å²) < 4.78 is 10.9. The van der Waals surface area contributed by atoms with Gasteiger partial charge in [0, 0.05) is 33.2 Å². The zero-order valence-electron chi connectivity index (χ0n) is 17.3. The standard InChI is InChI=1S/C22H24N4O4S/c1-29-10-9-25(15-19-23-24-21(30-19)18-8-5-11-31-18)22(28)17-12-20(27)26(14-17)13-16-6-3-2-4-7-16/h2-8,11,17H,9-10,12-15H2,1H3/t17-/m1/s1. The summed E-state index contributed by atoms with van der Waals surface area (Å²) in [5.74, 6) is 0.295. The number of aromatic nitrogens is 2. The lowest BCUT2D eigenvalue weighted by Crippen LogP contribution is -2.39. The van der Waals surface area contributed by atoms with Gasteiger partial charge in [0.15, 0.2) is 0 Å². The van der Waals surface area contributed by atoms with Crippen molar-refractivity contribution in [2.75, 3.05) is 26.8 Å². The summed E-state index contributed by atoms with van der Waals surface area (Å²) in [7, 11) is 1.59. The summed E-state index contributed by atoms with van der Waals surface area (Å²) in [5.41, 5.74) is 1.05. The Labute approximate surface area is 184 Å². The van der Waals surface area contributed by atoms with Crippen molar-refractivity contribution in [2.24, 2.45) is 5.92 Å². The predicted molar refractivity (Wildman–Crippen MR) is 115 cm³/mol. The zero-order chi connectivity index (χ0) is 21.6. The maximum absolute atomic E-state index is 13.2. The lowest BCUT2D eigenvalue weighted by Gasteiger charge is -2.24. The molecule has 1 fully saturated rings. The fraction of sp³-hybridized carbons (Fsp3) is 0.364. The van der Waals surface area contributed by atoms with Crippen LogP contribution in [0.3, 0.4) is 0 Å². The molecule has 8 nitrogen and oxygen atoms in total. The van der Waals surface area contributed by atoms with Crippen LogP contribution in [0.15, 0.2) is 52.3 Å². The molecule has 3 heterocycles. The zero-order valence-corrected chi connectivity index (χ0v) is 18.1. The molecule has 0 saturated carbocycles. The largest absolute Gasteiger partial charge is 0.418 e. The molecule has 9 heteroatoms. The summed E-state index contributed by atoms with van der Waals surface area (Å²) in [6.45, 7) is 1.86. The van der Waals surface area contributed by atoms with Crippen molar-refractivity contribution in [3.8, 4) is 10.8 Å². The van der Waals surface area contributed by atoms with Crippen molar-refractivity contribution in [3.05, 3.63) is 59.3 Å². The van der Waals surface area contributed by atoms with E-state index >= 15 is 0 Å². The molecule has 2 aromatic heterocycles. The van der Waals surface area contributed by atoms with E-state index in [4.69, 9.17) is 9.15 Å². The molecule has 0 aliphatic carbocycles. The third kappa shape index (κ3) is 5.18. The van der Waals surface area contributed by atoms with Crippen molar-refractivity contribution in [1.82, 2.24) is 20.0 Å². The average molecular weight is 441 g/mol. The minimum absolute atomic E-state index is 0.00772. The molecule has 0 radical (unpaired) electrons. The average Bonchev–Trinajstić information content (AvgIpc) is 3.53. The number of carbonyl (C=O) groups is 2. The Morgan fingerprint density at radius 3 is 2.84 bits per heavy atom. The topological polar surface area (TPSA) is 88.8 Å². The lowest BCUT2D eigenvalue weighted by atomic mass is 10.1. The first-order valence-electron chi connectivity index (χ1n) is 10.1. The molecular weight excluding hydrogens is 416 g/mol. The van der Waals surface area contributed by atoms with Gasteiger partial charge in [0.25, 0.3) is 5.89 Å². The molecule has 1 aliphatic heterocycles. The van der Waals surface area contributed by atoms with E-state index in [9.17, 15) is 9.59 Å². The summed E-state index contributed by atoms with van der Waals surface area (Å²) >= 11 is 1.51. The van der Waals surface area contributed by atoms with Crippen LogP contribution in [0.2, 0.25) is 0 Å². The number of hydrogen-bond acceptors (Lipinski definition) is 7. The van der Waals surface area contributed by atoms with Gasteiger partial charge in [-0.25, -0.2) is 0 Å². The molecule has 0 bridgehead atoms. The van der Waals surface area contributed by atoms with E-state index < -0.39 is 5.92 Å². The van der Waals surface area contributed by atoms with Gasteiger partial charge in [0.2, 0.25) is 17.7 Å². The molecule has 31 heavy (non-hydrogen) atoms. The highest BCUT2D eigenvalue weighted by Crippen LogP contribution is 2.25. The van der Waals surface area contributed by atoms with Crippen molar-refractivity contribution < 1.29 is 18.7 Å². The number of hydrogen-bond donors (Lipinski definition) is 0. The van der Waals surface area contributed by atoms with E-state index in [-0.39, 0.29) is 24.8 Å². The van der Waals surface area contributed by atoms with Crippen LogP contribution in [0.1, 0.15) is 17.9 Å². The SMILES string of the molecule is COCCN(Cc1nnc(-c2cccs2)o1)C(=O)[C@@H]1CC(=O)N(Cc2ccccc2)C1. The highest BCUT2D eigenvalue weighted by Gasteiger charge is 2.36. The van der Waals surface area contributed by atoms with E-state index in [1.54, 1.807) is 16.9 Å². The van der Waals surface area contributed by atoms with Gasteiger partial charge in [-0.15, -0.1) is 21.5 Å². The van der Waals surface area contributed by atoms with Gasteiger partial charge in [0.1, 0.15) is 0 Å². The number of nitrogens with zero attached hydrogens (tertiary/aromatic N) is 4. The molecular formula is C22H24N4O4S. The Kier molecular flexibility index (Phi) is 6.73. The summed E-state index contributed by atoms with van der Waals surface area (Å²) in [6.07, 6.45) is 0.208. The second-order valence-corrected chi connectivity index (χ2v) is 8.34. The Balaban J connectivity index is 1.42. The number of carbonyl (C=O) groups excluding carboxylic acids is 2. The first-order chi connectivity index (χ1) is 15.1. The minimum Gasteiger partial charge on any atom is -0.418 e. The van der Waals surface area contributed by atoms with E-state index in [1.165, 1.54) is 11.3 Å². The third-order valence-electron chi connectivity index (χ3n) is 5.18. The Morgan fingerprint density at radius 1 is 1.26 bits per heavy atom. The van der Waals surface area contributed by atoms with Gasteiger partial charge in [0.05, 0.1) is 23.9 Å². The van der Waals surface area contributed by atoms with Gasteiger partial charge in [-0.2, -0.15) is 0 Å². The normalized spacial score (nSPS) is 16.1. The summed E-state index contributed by atoms with van der Waals surface area (Å²) in [6, 6.07) is 13.6. The number of ether oxygens (including phenoxy) is 1. The first-order valence-corrected chi connectivity index (χ1v) is 11.0. The molecule has 4 rings (SSSR count). The quantitative estimate of drug-likeness (QED) is 0.508. The smallest absolute Gasteiger partial charge is 0.257 e. The maximum Gasteiger partial charge on any atom is 0.257 e. The second-order valence-electron chi connectivity index (χ2n) is 7.39. The number of amides is 2. The van der Waals surface area contributed by atoms with Crippen LogP contribution in [0.5, 0.6) is 0 Å². The van der Waals surface area contributed by atoms with Gasteiger partial charge in [-0.1, -0.05) is 36.4 Å². The molecule has 0 spiro atoms. The lowest BCUT2D eigenvalue weighted by molar-refractivity contribution is -0.137. The van der Waals surface area contributed by atoms with Crippen LogP contribution in [0, 0.1) is 5.92 Å². The summed E-state index contributed by atoms with van der Waals surface area (Å²) in [4.78, 5) is 30.0. The Bertz CT molecular complexity index is 1010. The highest BCUT2D eigenvalue weighted by atomic mass is 32.1. The molecule has 1 aliphatic rings. The van der Waals surface area contributed by atoms with Crippen LogP contribution in [0.4, 0.5) is 0 Å². The molecule has 3 aromatic rings. The minimum atomic E-state index is -0.396. The van der Waals surface area contributed by atoms with Crippen molar-refractivity contribution >= 4 is 23.2 Å². The van der Waals surface area contributed by atoms with Gasteiger partial charge in [-0.3, -0.25) is 9.59 Å². The number of benzene rings is 1. The van der Waals surface area contributed by atoms with E-state index in [2.05, 4.69) is 10.2 Å². The van der Waals surface area contributed by atoms with Gasteiger partial charge >= 0.3 is 0 Å². The molecule has 1 aromatic carbocycles. The maximum atomic E-state index is 13.2. The van der Waals surface area contributed by atoms with Crippen LogP contribution in [-0.4, -0.2) is 58.6 Å². The van der Waals surface area contributed by atoms with E-state index in [0.29, 0.717) is 38.0 Å². The molecule has 2 amide bonds. The number of rotatable bonds is 9. The predicted octanol–water partition coefficient (Wildman–Crippen LogP) is 2.82. The molecule has 1 atom stereocenters. The van der Waals surface area contributed by atoms with Crippen molar-refractivity contribution in [2.45, 2.75) is 19.5 Å².